The third-order valence-electron chi connectivity index (χ3n) is 2.27. The number of amides is 4. The molecule has 21 heavy (non-hydrogen) atoms. The summed E-state index contributed by atoms with van der Waals surface area (Å²) in [6.45, 7) is -0.880. The quantitative estimate of drug-likeness (QED) is 0.461. The number of hydrogen-bond donors (Lipinski definition) is 5. The van der Waals surface area contributed by atoms with Crippen molar-refractivity contribution in [2.24, 2.45) is 5.73 Å². The first kappa shape index (κ1) is 16.0. The van der Waals surface area contributed by atoms with Crippen LogP contribution in [0.5, 0.6) is 0 Å². The number of primary amides is 1. The van der Waals surface area contributed by atoms with E-state index in [-0.39, 0.29) is 6.54 Å². The minimum atomic E-state index is -1.18. The molecule has 1 rings (SSSR count). The maximum atomic E-state index is 11.5. The van der Waals surface area contributed by atoms with Crippen molar-refractivity contribution in [2.45, 2.75) is 0 Å². The molecule has 0 atom stereocenters. The average molecular weight is 294 g/mol. The average Bonchev–Trinajstić information content (AvgIpc) is 2.43. The second-order valence-electron chi connectivity index (χ2n) is 3.92. The number of carboxylic acid groups (broad SMARTS) is 1. The topological polar surface area (TPSA) is 151 Å². The zero-order valence-electron chi connectivity index (χ0n) is 10.9. The van der Waals surface area contributed by atoms with E-state index < -0.39 is 30.4 Å². The number of carbonyl (C=O) groups excluding carboxylic acids is 3. The van der Waals surface area contributed by atoms with Crippen LogP contribution in [0.3, 0.4) is 0 Å². The van der Waals surface area contributed by atoms with E-state index in [2.05, 4.69) is 16.0 Å². The van der Waals surface area contributed by atoms with E-state index in [1.807, 2.05) is 0 Å². The number of anilines is 1. The Bertz CT molecular complexity index is 555. The zero-order chi connectivity index (χ0) is 15.8. The van der Waals surface area contributed by atoms with Crippen molar-refractivity contribution >= 4 is 29.5 Å². The van der Waals surface area contributed by atoms with Crippen molar-refractivity contribution in [3.05, 3.63) is 29.8 Å². The Labute approximate surface area is 119 Å². The van der Waals surface area contributed by atoms with Crippen molar-refractivity contribution in [3.63, 3.8) is 0 Å². The van der Waals surface area contributed by atoms with Gasteiger partial charge in [-0.2, -0.15) is 0 Å². The fourth-order valence-corrected chi connectivity index (χ4v) is 1.29. The maximum absolute atomic E-state index is 11.5. The summed E-state index contributed by atoms with van der Waals surface area (Å²) in [4.78, 5) is 43.7. The Morgan fingerprint density at radius 2 is 1.62 bits per heavy atom. The summed E-state index contributed by atoms with van der Waals surface area (Å²) >= 11 is 0. The molecular weight excluding hydrogens is 280 g/mol. The number of benzene rings is 1. The Kier molecular flexibility index (Phi) is 5.68. The normalized spacial score (nSPS) is 9.52. The van der Waals surface area contributed by atoms with E-state index in [0.29, 0.717) is 11.3 Å². The maximum Gasteiger partial charge on any atom is 0.322 e. The fraction of sp³-hybridized carbons (Fsp3) is 0.167. The number of urea groups is 1. The van der Waals surface area contributed by atoms with Gasteiger partial charge in [0.25, 0.3) is 0 Å². The van der Waals surface area contributed by atoms with Gasteiger partial charge in [-0.15, -0.1) is 0 Å². The Hall–Kier alpha value is -3.10. The molecule has 0 aromatic heterocycles. The monoisotopic (exact) mass is 294 g/mol. The summed E-state index contributed by atoms with van der Waals surface area (Å²) in [5.41, 5.74) is 5.78. The van der Waals surface area contributed by atoms with E-state index in [1.165, 1.54) is 24.3 Å². The van der Waals surface area contributed by atoms with Gasteiger partial charge < -0.3 is 26.8 Å². The van der Waals surface area contributed by atoms with E-state index in [9.17, 15) is 19.2 Å². The molecule has 0 aliphatic carbocycles. The number of carbonyl (C=O) groups is 4. The minimum Gasteiger partial charge on any atom is -0.480 e. The van der Waals surface area contributed by atoms with E-state index in [0.717, 1.165) is 0 Å². The lowest BCUT2D eigenvalue weighted by molar-refractivity contribution is -0.137. The molecule has 0 aliphatic rings. The molecule has 0 bridgehead atoms. The summed E-state index contributed by atoms with van der Waals surface area (Å²) in [5.74, 6) is -2.39. The molecule has 6 N–H and O–H groups in total. The highest BCUT2D eigenvalue weighted by Crippen LogP contribution is 2.08. The van der Waals surface area contributed by atoms with Gasteiger partial charge in [-0.3, -0.25) is 14.4 Å². The standard InChI is InChI=1S/C12H14N4O5/c13-11(20)7-1-3-8(4-2-7)16-12(21)15-5-9(17)14-6-10(18)19/h1-4H,5-6H2,(H2,13,20)(H,14,17)(H,18,19)(H2,15,16,21). The first-order valence-electron chi connectivity index (χ1n) is 5.81. The van der Waals surface area contributed by atoms with Gasteiger partial charge in [0.15, 0.2) is 0 Å². The van der Waals surface area contributed by atoms with Gasteiger partial charge in [0.05, 0.1) is 6.54 Å². The van der Waals surface area contributed by atoms with Gasteiger partial charge in [0.1, 0.15) is 6.54 Å². The number of nitrogens with two attached hydrogens (primary N) is 1. The van der Waals surface area contributed by atoms with Gasteiger partial charge in [0, 0.05) is 11.3 Å². The van der Waals surface area contributed by atoms with Crippen LogP contribution >= 0.6 is 0 Å². The summed E-state index contributed by atoms with van der Waals surface area (Å²) in [6, 6.07) is 5.19. The molecule has 9 nitrogen and oxygen atoms in total. The van der Waals surface area contributed by atoms with Crippen LogP contribution in [-0.2, 0) is 9.59 Å². The first-order chi connectivity index (χ1) is 9.88. The number of hydrogen-bond acceptors (Lipinski definition) is 4. The molecular formula is C12H14N4O5. The molecule has 4 amide bonds. The molecule has 0 heterocycles. The zero-order valence-corrected chi connectivity index (χ0v) is 10.9. The van der Waals surface area contributed by atoms with Crippen molar-refractivity contribution in [1.82, 2.24) is 10.6 Å². The SMILES string of the molecule is NC(=O)c1ccc(NC(=O)NCC(=O)NCC(=O)O)cc1. The van der Waals surface area contributed by atoms with Crippen molar-refractivity contribution in [3.8, 4) is 0 Å². The van der Waals surface area contributed by atoms with E-state index >= 15 is 0 Å². The van der Waals surface area contributed by atoms with Crippen LogP contribution in [0.25, 0.3) is 0 Å². The lowest BCUT2D eigenvalue weighted by Crippen LogP contribution is -2.40. The molecule has 0 radical (unpaired) electrons. The lowest BCUT2D eigenvalue weighted by Gasteiger charge is -2.07. The number of rotatable bonds is 6. The molecule has 0 fully saturated rings. The predicted molar refractivity (Wildman–Crippen MR) is 72.6 cm³/mol. The molecule has 0 spiro atoms. The van der Waals surface area contributed by atoms with Crippen LogP contribution in [0.15, 0.2) is 24.3 Å². The molecule has 1 aromatic carbocycles. The fourth-order valence-electron chi connectivity index (χ4n) is 1.29. The highest BCUT2D eigenvalue weighted by atomic mass is 16.4. The van der Waals surface area contributed by atoms with Crippen molar-refractivity contribution in [2.75, 3.05) is 18.4 Å². The highest BCUT2D eigenvalue weighted by molar-refractivity contribution is 5.95. The number of nitrogens with one attached hydrogen (secondary N) is 3. The first-order valence-corrected chi connectivity index (χ1v) is 5.81. The Morgan fingerprint density at radius 1 is 1.00 bits per heavy atom. The molecule has 0 aliphatic heterocycles. The van der Waals surface area contributed by atoms with Crippen LogP contribution in [0.4, 0.5) is 10.5 Å². The second-order valence-corrected chi connectivity index (χ2v) is 3.92. The summed E-state index contributed by atoms with van der Waals surface area (Å²) in [7, 11) is 0. The van der Waals surface area contributed by atoms with Crippen LogP contribution < -0.4 is 21.7 Å². The molecule has 0 saturated heterocycles. The van der Waals surface area contributed by atoms with E-state index in [4.69, 9.17) is 10.8 Å². The molecule has 1 aromatic rings. The smallest absolute Gasteiger partial charge is 0.322 e. The molecule has 0 unspecified atom stereocenters. The Balaban J connectivity index is 2.38. The summed E-state index contributed by atoms with van der Waals surface area (Å²) < 4.78 is 0. The van der Waals surface area contributed by atoms with Gasteiger partial charge in [-0.25, -0.2) is 4.79 Å². The number of aliphatic carboxylic acids is 1. The van der Waals surface area contributed by atoms with Gasteiger partial charge in [-0.1, -0.05) is 0 Å². The molecule has 0 saturated carbocycles. The number of carboxylic acids is 1. The highest BCUT2D eigenvalue weighted by Gasteiger charge is 2.07. The summed E-state index contributed by atoms with van der Waals surface area (Å²) in [5, 5.41) is 15.1. The van der Waals surface area contributed by atoms with Crippen molar-refractivity contribution in [1.29, 1.82) is 0 Å². The van der Waals surface area contributed by atoms with Gasteiger partial charge in [0.2, 0.25) is 11.8 Å². The third-order valence-corrected chi connectivity index (χ3v) is 2.27. The predicted octanol–water partition coefficient (Wildman–Crippen LogP) is -0.892. The van der Waals surface area contributed by atoms with Crippen LogP contribution in [0.1, 0.15) is 10.4 Å². The van der Waals surface area contributed by atoms with Gasteiger partial charge in [-0.05, 0) is 24.3 Å². The lowest BCUT2D eigenvalue weighted by atomic mass is 10.2. The Morgan fingerprint density at radius 3 is 2.14 bits per heavy atom. The third kappa shape index (κ3) is 6.05. The van der Waals surface area contributed by atoms with Crippen LogP contribution in [0, 0.1) is 0 Å². The molecule has 9 heteroatoms. The van der Waals surface area contributed by atoms with E-state index in [1.54, 1.807) is 0 Å². The summed E-state index contributed by atoms with van der Waals surface area (Å²) in [6.07, 6.45) is 0. The van der Waals surface area contributed by atoms with Crippen LogP contribution in [0.2, 0.25) is 0 Å². The van der Waals surface area contributed by atoms with Gasteiger partial charge >= 0.3 is 12.0 Å². The van der Waals surface area contributed by atoms with Crippen molar-refractivity contribution < 1.29 is 24.3 Å². The molecule has 112 valence electrons. The van der Waals surface area contributed by atoms with Crippen LogP contribution in [-0.4, -0.2) is 42.0 Å². The largest absolute Gasteiger partial charge is 0.480 e. The second kappa shape index (κ2) is 7.48. The minimum absolute atomic E-state index is 0.300.